The van der Waals surface area contributed by atoms with E-state index in [0.717, 1.165) is 69.0 Å². The SMILES string of the molecule is Nc1cccc(-c2c(CC3CO3)c(N)c(CC3CO3)c(CC3CO3)c2CC2CO2)c1. The molecular weight excluding hydrogens is 380 g/mol. The summed E-state index contributed by atoms with van der Waals surface area (Å²) in [7, 11) is 0. The highest BCUT2D eigenvalue weighted by atomic mass is 16.6. The van der Waals surface area contributed by atoms with E-state index in [1.165, 1.54) is 27.8 Å². The first-order chi connectivity index (χ1) is 14.7. The third-order valence-corrected chi connectivity index (χ3v) is 6.49. The van der Waals surface area contributed by atoms with E-state index >= 15 is 0 Å². The van der Waals surface area contributed by atoms with Crippen LogP contribution in [0.1, 0.15) is 22.3 Å². The molecule has 0 saturated carbocycles. The van der Waals surface area contributed by atoms with Gasteiger partial charge in [0.15, 0.2) is 0 Å². The predicted molar refractivity (Wildman–Crippen MR) is 114 cm³/mol. The van der Waals surface area contributed by atoms with E-state index in [9.17, 15) is 0 Å². The van der Waals surface area contributed by atoms with Crippen molar-refractivity contribution in [2.45, 2.75) is 50.1 Å². The number of hydrogen-bond donors (Lipinski definition) is 2. The van der Waals surface area contributed by atoms with Gasteiger partial charge < -0.3 is 30.4 Å². The van der Waals surface area contributed by atoms with E-state index < -0.39 is 0 Å². The van der Waals surface area contributed by atoms with Crippen molar-refractivity contribution in [3.8, 4) is 11.1 Å². The zero-order valence-electron chi connectivity index (χ0n) is 17.1. The van der Waals surface area contributed by atoms with Crippen LogP contribution in [0, 0.1) is 0 Å². The van der Waals surface area contributed by atoms with Crippen LogP contribution in [0.4, 0.5) is 11.4 Å². The summed E-state index contributed by atoms with van der Waals surface area (Å²) in [5.74, 6) is 0. The molecule has 30 heavy (non-hydrogen) atoms. The Labute approximate surface area is 176 Å². The van der Waals surface area contributed by atoms with Crippen molar-refractivity contribution in [1.29, 1.82) is 0 Å². The van der Waals surface area contributed by atoms with E-state index in [-0.39, 0.29) is 24.4 Å². The maximum absolute atomic E-state index is 6.91. The largest absolute Gasteiger partial charge is 0.399 e. The molecule has 0 bridgehead atoms. The second kappa shape index (κ2) is 7.24. The maximum atomic E-state index is 6.91. The molecule has 2 aromatic carbocycles. The van der Waals surface area contributed by atoms with Crippen molar-refractivity contribution in [3.63, 3.8) is 0 Å². The van der Waals surface area contributed by atoms with Crippen LogP contribution in [0.25, 0.3) is 11.1 Å². The van der Waals surface area contributed by atoms with Gasteiger partial charge in [-0.2, -0.15) is 0 Å². The van der Waals surface area contributed by atoms with E-state index in [4.69, 9.17) is 30.4 Å². The molecule has 4 N–H and O–H groups in total. The third kappa shape index (κ3) is 3.93. The van der Waals surface area contributed by atoms with Gasteiger partial charge in [-0.3, -0.25) is 0 Å². The molecule has 6 rings (SSSR count). The smallest absolute Gasteiger partial charge is 0.0851 e. The van der Waals surface area contributed by atoms with Crippen LogP contribution in [0.15, 0.2) is 24.3 Å². The van der Waals surface area contributed by atoms with Gasteiger partial charge in [-0.05, 0) is 45.5 Å². The number of nitrogens with two attached hydrogens (primary N) is 2. The number of epoxide rings is 4. The Morgan fingerprint density at radius 3 is 1.70 bits per heavy atom. The summed E-state index contributed by atoms with van der Waals surface area (Å²) in [4.78, 5) is 0. The third-order valence-electron chi connectivity index (χ3n) is 6.49. The standard InChI is InChI=1S/C24H28N2O4/c25-14-3-1-2-13(4-14)23-20(6-16-10-28-16)19(5-15-9-27-15)21(7-17-11-29-17)24(26)22(23)8-18-12-30-18/h1-4,15-18H,5-12,25-26H2. The molecular formula is C24H28N2O4. The second-order valence-corrected chi connectivity index (χ2v) is 8.97. The van der Waals surface area contributed by atoms with Gasteiger partial charge in [0, 0.05) is 37.1 Å². The summed E-state index contributed by atoms with van der Waals surface area (Å²) in [6.07, 6.45) is 4.57. The molecule has 6 nitrogen and oxygen atoms in total. The zero-order chi connectivity index (χ0) is 20.2. The number of anilines is 2. The molecule has 2 aromatic rings. The van der Waals surface area contributed by atoms with Gasteiger partial charge in [0.2, 0.25) is 0 Å². The summed E-state index contributed by atoms with van der Waals surface area (Å²) in [6.45, 7) is 3.26. The minimum atomic E-state index is 0.250. The van der Waals surface area contributed by atoms with Crippen LogP contribution in [-0.4, -0.2) is 50.8 Å². The van der Waals surface area contributed by atoms with Gasteiger partial charge >= 0.3 is 0 Å². The van der Waals surface area contributed by atoms with Gasteiger partial charge in [-0.1, -0.05) is 12.1 Å². The molecule has 4 aliphatic rings. The Morgan fingerprint density at radius 1 is 0.667 bits per heavy atom. The van der Waals surface area contributed by atoms with Gasteiger partial charge in [-0.15, -0.1) is 0 Å². The van der Waals surface area contributed by atoms with E-state index in [0.29, 0.717) is 0 Å². The number of ether oxygens (including phenoxy) is 4. The van der Waals surface area contributed by atoms with Crippen molar-refractivity contribution in [2.75, 3.05) is 37.9 Å². The first-order valence-electron chi connectivity index (χ1n) is 10.9. The normalized spacial score (nSPS) is 28.4. The lowest BCUT2D eigenvalue weighted by Gasteiger charge is -2.25. The highest BCUT2D eigenvalue weighted by molar-refractivity contribution is 5.82. The maximum Gasteiger partial charge on any atom is 0.0851 e. The molecule has 4 aliphatic heterocycles. The molecule has 0 amide bonds. The Morgan fingerprint density at radius 2 is 1.17 bits per heavy atom. The lowest BCUT2D eigenvalue weighted by Crippen LogP contribution is -2.17. The molecule has 4 saturated heterocycles. The topological polar surface area (TPSA) is 102 Å². The monoisotopic (exact) mass is 408 g/mol. The zero-order valence-corrected chi connectivity index (χ0v) is 17.1. The summed E-state index contributed by atoms with van der Waals surface area (Å²) in [5, 5.41) is 0. The average molecular weight is 408 g/mol. The number of rotatable bonds is 9. The fourth-order valence-corrected chi connectivity index (χ4v) is 4.61. The Hall–Kier alpha value is -2.12. The van der Waals surface area contributed by atoms with Crippen LogP contribution in [0.2, 0.25) is 0 Å². The molecule has 4 unspecified atom stereocenters. The van der Waals surface area contributed by atoms with Gasteiger partial charge in [0.1, 0.15) is 0 Å². The highest BCUT2D eigenvalue weighted by Gasteiger charge is 2.36. The second-order valence-electron chi connectivity index (χ2n) is 8.97. The van der Waals surface area contributed by atoms with Gasteiger partial charge in [0.25, 0.3) is 0 Å². The number of nitrogen functional groups attached to an aromatic ring is 2. The van der Waals surface area contributed by atoms with Crippen LogP contribution < -0.4 is 11.5 Å². The average Bonchev–Trinajstić information content (AvgIpc) is 3.54. The van der Waals surface area contributed by atoms with Gasteiger partial charge in [0.05, 0.1) is 50.8 Å². The Kier molecular flexibility index (Phi) is 4.49. The van der Waals surface area contributed by atoms with Crippen LogP contribution in [0.5, 0.6) is 0 Å². The molecule has 4 heterocycles. The molecule has 0 spiro atoms. The fraction of sp³-hybridized carbons (Fsp3) is 0.500. The first kappa shape index (κ1) is 18.6. The highest BCUT2D eigenvalue weighted by Crippen LogP contribution is 2.43. The molecule has 6 heteroatoms. The van der Waals surface area contributed by atoms with Crippen LogP contribution >= 0.6 is 0 Å². The van der Waals surface area contributed by atoms with Crippen molar-refractivity contribution in [2.24, 2.45) is 0 Å². The quantitative estimate of drug-likeness (QED) is 0.488. The summed E-state index contributed by atoms with van der Waals surface area (Å²) >= 11 is 0. The summed E-state index contributed by atoms with van der Waals surface area (Å²) in [6, 6.07) is 8.15. The Balaban J connectivity index is 1.57. The molecule has 0 aliphatic carbocycles. The predicted octanol–water partition coefficient (Wildman–Crippen LogP) is 2.28. The van der Waals surface area contributed by atoms with E-state index in [1.54, 1.807) is 0 Å². The lowest BCUT2D eigenvalue weighted by atomic mass is 9.80. The Bertz CT molecular complexity index is 976. The van der Waals surface area contributed by atoms with Crippen LogP contribution in [-0.2, 0) is 44.6 Å². The van der Waals surface area contributed by atoms with Crippen molar-refractivity contribution >= 4 is 11.4 Å². The summed E-state index contributed by atoms with van der Waals surface area (Å²) in [5.41, 5.74) is 22.2. The number of hydrogen-bond acceptors (Lipinski definition) is 6. The molecule has 0 radical (unpaired) electrons. The van der Waals surface area contributed by atoms with Crippen molar-refractivity contribution in [1.82, 2.24) is 0 Å². The minimum Gasteiger partial charge on any atom is -0.399 e. The number of benzene rings is 2. The lowest BCUT2D eigenvalue weighted by molar-refractivity contribution is 0.397. The summed E-state index contributed by atoms with van der Waals surface area (Å²) < 4.78 is 22.5. The van der Waals surface area contributed by atoms with Crippen molar-refractivity contribution in [3.05, 3.63) is 46.5 Å². The van der Waals surface area contributed by atoms with E-state index in [2.05, 4.69) is 12.1 Å². The van der Waals surface area contributed by atoms with Gasteiger partial charge in [-0.25, -0.2) is 0 Å². The van der Waals surface area contributed by atoms with E-state index in [1.807, 2.05) is 12.1 Å². The molecule has 4 fully saturated rings. The molecule has 4 atom stereocenters. The first-order valence-corrected chi connectivity index (χ1v) is 10.9. The van der Waals surface area contributed by atoms with Crippen molar-refractivity contribution < 1.29 is 18.9 Å². The fourth-order valence-electron chi connectivity index (χ4n) is 4.61. The molecule has 158 valence electrons. The van der Waals surface area contributed by atoms with Crippen LogP contribution in [0.3, 0.4) is 0 Å². The molecule has 0 aromatic heterocycles. The minimum absolute atomic E-state index is 0.250.